The van der Waals surface area contributed by atoms with Gasteiger partial charge in [-0.25, -0.2) is 5.01 Å². The van der Waals surface area contributed by atoms with Crippen molar-refractivity contribution in [2.75, 3.05) is 0 Å². The van der Waals surface area contributed by atoms with E-state index in [9.17, 15) is 14.4 Å². The average Bonchev–Trinajstić information content (AvgIpc) is 3.47. The van der Waals surface area contributed by atoms with Gasteiger partial charge in [-0.2, -0.15) is 5.10 Å². The molecule has 2 amide bonds. The summed E-state index contributed by atoms with van der Waals surface area (Å²) < 4.78 is 11.8. The molecular formula is C27H21N3O5S. The number of fused-ring (bicyclic) bond motifs is 3. The van der Waals surface area contributed by atoms with Crippen molar-refractivity contribution < 1.29 is 23.9 Å². The van der Waals surface area contributed by atoms with Crippen LogP contribution in [0.15, 0.2) is 84.0 Å². The highest BCUT2D eigenvalue weighted by molar-refractivity contribution is 8.15. The summed E-state index contributed by atoms with van der Waals surface area (Å²) in [4.78, 5) is 35.3. The highest BCUT2D eigenvalue weighted by Crippen LogP contribution is 2.47. The molecule has 180 valence electrons. The number of imide groups is 1. The number of para-hydroxylation sites is 1. The number of hydrazone groups is 1. The van der Waals surface area contributed by atoms with E-state index in [0.29, 0.717) is 5.75 Å². The summed E-state index contributed by atoms with van der Waals surface area (Å²) in [5, 5.41) is 7.91. The Hall–Kier alpha value is -4.11. The predicted molar refractivity (Wildman–Crippen MR) is 134 cm³/mol. The molecule has 0 unspecified atom stereocenters. The van der Waals surface area contributed by atoms with E-state index in [0.717, 1.165) is 46.3 Å². The predicted octanol–water partition coefficient (Wildman–Crippen LogP) is 4.58. The number of nitrogens with zero attached hydrogens (tertiary/aromatic N) is 2. The van der Waals surface area contributed by atoms with Crippen LogP contribution in [0, 0.1) is 0 Å². The highest BCUT2D eigenvalue weighted by Gasteiger charge is 2.41. The maximum atomic E-state index is 12.3. The molecule has 1 fully saturated rings. The van der Waals surface area contributed by atoms with E-state index in [-0.39, 0.29) is 12.5 Å². The summed E-state index contributed by atoms with van der Waals surface area (Å²) in [6.45, 7) is 0. The van der Waals surface area contributed by atoms with Crippen molar-refractivity contribution in [3.63, 3.8) is 0 Å². The molecule has 3 aromatic rings. The van der Waals surface area contributed by atoms with E-state index in [2.05, 4.69) is 23.5 Å². The first kappa shape index (κ1) is 22.4. The van der Waals surface area contributed by atoms with Gasteiger partial charge in [0.15, 0.2) is 0 Å². The van der Waals surface area contributed by atoms with E-state index < -0.39 is 28.6 Å². The van der Waals surface area contributed by atoms with Gasteiger partial charge in [0.1, 0.15) is 16.7 Å². The van der Waals surface area contributed by atoms with Crippen molar-refractivity contribution in [2.24, 2.45) is 5.10 Å². The maximum absolute atomic E-state index is 12.3. The fourth-order valence-corrected chi connectivity index (χ4v) is 5.42. The Bertz CT molecular complexity index is 1380. The molecule has 3 heterocycles. The Balaban J connectivity index is 1.22. The van der Waals surface area contributed by atoms with Gasteiger partial charge in [-0.05, 0) is 35.9 Å². The summed E-state index contributed by atoms with van der Waals surface area (Å²) in [5.74, 6) is 0.124. The van der Waals surface area contributed by atoms with Crippen LogP contribution in [0.2, 0.25) is 0 Å². The van der Waals surface area contributed by atoms with Crippen LogP contribution < -0.4 is 14.8 Å². The van der Waals surface area contributed by atoms with Crippen LogP contribution >= 0.6 is 11.8 Å². The molecule has 8 nitrogen and oxygen atoms in total. The van der Waals surface area contributed by atoms with Gasteiger partial charge < -0.3 is 9.47 Å². The van der Waals surface area contributed by atoms with Crippen LogP contribution in [-0.2, 0) is 9.59 Å². The number of hydrogen-bond donors (Lipinski definition) is 1. The molecule has 0 spiro atoms. The molecule has 0 radical (unpaired) electrons. The summed E-state index contributed by atoms with van der Waals surface area (Å²) in [6, 6.07) is 25.2. The minimum atomic E-state index is -0.760. The summed E-state index contributed by atoms with van der Waals surface area (Å²) in [5.41, 5.74) is 4.05. The fourth-order valence-electron chi connectivity index (χ4n) is 4.61. The molecule has 36 heavy (non-hydrogen) atoms. The van der Waals surface area contributed by atoms with Crippen LogP contribution in [0.1, 0.15) is 41.8 Å². The normalized spacial score (nSPS) is 22.3. The van der Waals surface area contributed by atoms with E-state index in [1.54, 1.807) is 12.1 Å². The molecule has 9 heteroatoms. The molecule has 3 atom stereocenters. The Labute approximate surface area is 211 Å². The lowest BCUT2D eigenvalue weighted by Gasteiger charge is -2.38. The molecule has 1 saturated heterocycles. The second kappa shape index (κ2) is 9.16. The Kier molecular flexibility index (Phi) is 5.69. The zero-order chi connectivity index (χ0) is 24.6. The Morgan fingerprint density at radius 2 is 1.78 bits per heavy atom. The Morgan fingerprint density at radius 3 is 2.53 bits per heavy atom. The van der Waals surface area contributed by atoms with Crippen LogP contribution in [0.5, 0.6) is 11.5 Å². The quantitative estimate of drug-likeness (QED) is 0.406. The van der Waals surface area contributed by atoms with Crippen LogP contribution in [0.3, 0.4) is 0 Å². The molecule has 0 aromatic heterocycles. The SMILES string of the molecule is O=C(C[C@@H]1SC(=O)NC1=O)Oc1ccc([C@H]2Oc3ccccc3[C@@H]3CC(c4ccccc4)=NN23)cc1. The standard InChI is InChI=1S/C27H21N3O5S/c31-24(15-23-25(32)28-27(33)36-23)34-18-12-10-17(11-13-18)26-30-21(19-8-4-5-9-22(19)35-26)14-20(29-30)16-6-2-1-3-7-16/h1-13,21,23,26H,14-15H2,(H,28,32,33)/t21-,23-,26+/m0/s1. The first-order valence-electron chi connectivity index (χ1n) is 11.5. The molecule has 3 aliphatic rings. The second-order valence-electron chi connectivity index (χ2n) is 8.65. The van der Waals surface area contributed by atoms with E-state index in [1.807, 2.05) is 53.5 Å². The first-order valence-corrected chi connectivity index (χ1v) is 12.4. The fraction of sp³-hybridized carbons (Fsp3) is 0.185. The first-order chi connectivity index (χ1) is 17.5. The van der Waals surface area contributed by atoms with Crippen molar-refractivity contribution >= 4 is 34.6 Å². The highest BCUT2D eigenvalue weighted by atomic mass is 32.2. The number of carbonyl (C=O) groups excluding carboxylic acids is 3. The lowest BCUT2D eigenvalue weighted by Crippen LogP contribution is -2.33. The van der Waals surface area contributed by atoms with Crippen molar-refractivity contribution in [3.05, 3.63) is 95.6 Å². The molecule has 6 rings (SSSR count). The molecule has 0 saturated carbocycles. The molecule has 3 aromatic carbocycles. The molecule has 1 N–H and O–H groups in total. The van der Waals surface area contributed by atoms with E-state index >= 15 is 0 Å². The van der Waals surface area contributed by atoms with Gasteiger partial charge in [-0.1, -0.05) is 60.3 Å². The topological polar surface area (TPSA) is 97.3 Å². The van der Waals surface area contributed by atoms with Gasteiger partial charge >= 0.3 is 5.97 Å². The van der Waals surface area contributed by atoms with Gasteiger partial charge in [0.2, 0.25) is 12.1 Å². The molecule has 0 bridgehead atoms. The monoisotopic (exact) mass is 499 g/mol. The smallest absolute Gasteiger partial charge is 0.312 e. The minimum Gasteiger partial charge on any atom is -0.464 e. The van der Waals surface area contributed by atoms with Crippen molar-refractivity contribution in [1.82, 2.24) is 10.3 Å². The maximum Gasteiger partial charge on any atom is 0.312 e. The van der Waals surface area contributed by atoms with Gasteiger partial charge in [0.25, 0.3) is 5.24 Å². The number of rotatable bonds is 5. The Morgan fingerprint density at radius 1 is 1.03 bits per heavy atom. The van der Waals surface area contributed by atoms with Crippen LogP contribution in [0.25, 0.3) is 0 Å². The molecule has 0 aliphatic carbocycles. The minimum absolute atomic E-state index is 0.0467. The number of ether oxygens (including phenoxy) is 2. The zero-order valence-corrected chi connectivity index (χ0v) is 19.8. The van der Waals surface area contributed by atoms with Crippen LogP contribution in [0.4, 0.5) is 4.79 Å². The third-order valence-electron chi connectivity index (χ3n) is 6.32. The second-order valence-corrected chi connectivity index (χ2v) is 9.83. The summed E-state index contributed by atoms with van der Waals surface area (Å²) >= 11 is 0.801. The van der Waals surface area contributed by atoms with E-state index in [4.69, 9.17) is 14.6 Å². The number of hydrogen-bond acceptors (Lipinski definition) is 8. The third kappa shape index (κ3) is 4.22. The van der Waals surface area contributed by atoms with Gasteiger partial charge in [0.05, 0.1) is 18.2 Å². The molecule has 3 aliphatic heterocycles. The molecular weight excluding hydrogens is 478 g/mol. The van der Waals surface area contributed by atoms with E-state index in [1.165, 1.54) is 0 Å². The number of amides is 2. The summed E-state index contributed by atoms with van der Waals surface area (Å²) in [7, 11) is 0. The van der Waals surface area contributed by atoms with Gasteiger partial charge in [-0.3, -0.25) is 19.7 Å². The van der Waals surface area contributed by atoms with Crippen molar-refractivity contribution in [1.29, 1.82) is 0 Å². The number of esters is 1. The lowest BCUT2D eigenvalue weighted by molar-refractivity contribution is -0.135. The van der Waals surface area contributed by atoms with Gasteiger partial charge in [-0.15, -0.1) is 0 Å². The lowest BCUT2D eigenvalue weighted by atomic mass is 9.96. The number of carbonyl (C=O) groups is 3. The van der Waals surface area contributed by atoms with Crippen LogP contribution in [-0.4, -0.2) is 33.1 Å². The van der Waals surface area contributed by atoms with Crippen molar-refractivity contribution in [3.8, 4) is 11.5 Å². The number of benzene rings is 3. The summed E-state index contributed by atoms with van der Waals surface area (Å²) in [6.07, 6.45) is 0.144. The largest absolute Gasteiger partial charge is 0.464 e. The van der Waals surface area contributed by atoms with Gasteiger partial charge in [0, 0.05) is 17.5 Å². The zero-order valence-electron chi connectivity index (χ0n) is 19.0. The van der Waals surface area contributed by atoms with Crippen molar-refractivity contribution in [2.45, 2.75) is 30.4 Å². The third-order valence-corrected chi connectivity index (χ3v) is 7.30. The number of thioether (sulfide) groups is 1. The average molecular weight is 500 g/mol. The number of nitrogens with one attached hydrogen (secondary N) is 1.